The fraction of sp³-hybridized carbons (Fsp3) is 0.424. The van der Waals surface area contributed by atoms with Gasteiger partial charge in [-0.3, -0.25) is 5.32 Å². The Morgan fingerprint density at radius 2 is 1.92 bits per heavy atom. The Labute approximate surface area is 289 Å². The SMILES string of the molecule is CCSc1nc(N2C3CCC2CN(C(=O)O)C3)c2c3c(c(-c4ccc(F)c5sc(NC(=O)OC(C)(C)C)c(C#N)c45)c(Cl)c2n1)COC3. The quantitative estimate of drug-likeness (QED) is 0.155. The van der Waals surface area contributed by atoms with Crippen LogP contribution in [0.3, 0.4) is 0 Å². The summed E-state index contributed by atoms with van der Waals surface area (Å²) < 4.78 is 27.1. The molecular formula is C33H32ClFN6O5S2. The normalized spacial score (nSPS) is 18.8. The monoisotopic (exact) mass is 710 g/mol. The Kier molecular flexibility index (Phi) is 8.30. The highest BCUT2D eigenvalue weighted by Crippen LogP contribution is 2.51. The number of hydrogen-bond donors (Lipinski definition) is 2. The summed E-state index contributed by atoms with van der Waals surface area (Å²) in [6.07, 6.45) is -0.0103. The number of amides is 2. The van der Waals surface area contributed by atoms with Crippen molar-refractivity contribution >= 4 is 78.7 Å². The molecular weight excluding hydrogens is 679 g/mol. The van der Waals surface area contributed by atoms with Gasteiger partial charge < -0.3 is 24.4 Å². The first-order valence-corrected chi connectivity index (χ1v) is 17.7. The molecule has 2 fully saturated rings. The molecule has 0 radical (unpaired) electrons. The van der Waals surface area contributed by atoms with E-state index in [1.54, 1.807) is 26.8 Å². The number of hydrogen-bond acceptors (Lipinski definition) is 10. The predicted molar refractivity (Wildman–Crippen MR) is 184 cm³/mol. The molecule has 0 saturated carbocycles. The number of carboxylic acid groups (broad SMARTS) is 1. The van der Waals surface area contributed by atoms with E-state index in [1.165, 1.54) is 22.7 Å². The number of halogens is 2. The van der Waals surface area contributed by atoms with Crippen LogP contribution in [-0.4, -0.2) is 68.7 Å². The molecule has 2 amide bonds. The van der Waals surface area contributed by atoms with Crippen LogP contribution in [0, 0.1) is 17.1 Å². The van der Waals surface area contributed by atoms with Gasteiger partial charge in [-0.2, -0.15) is 5.26 Å². The van der Waals surface area contributed by atoms with Gasteiger partial charge in [-0.15, -0.1) is 11.3 Å². The number of rotatable bonds is 5. The van der Waals surface area contributed by atoms with Crippen molar-refractivity contribution in [2.24, 2.45) is 0 Å². The first-order chi connectivity index (χ1) is 22.9. The van der Waals surface area contributed by atoms with Crippen LogP contribution < -0.4 is 10.2 Å². The molecule has 2 bridgehead atoms. The Morgan fingerprint density at radius 3 is 2.56 bits per heavy atom. The van der Waals surface area contributed by atoms with E-state index in [2.05, 4.69) is 16.3 Å². The fourth-order valence-corrected chi connectivity index (χ4v) is 9.02. The van der Waals surface area contributed by atoms with Crippen molar-refractivity contribution in [3.8, 4) is 17.2 Å². The standard InChI is InChI=1S/C33H32ClFN6O5S2/c1-5-47-30-37-26-24(28(38-30)41-15-6-7-16(41)12-40(11-15)32(43)44)20-14-45-13-19(20)22(25(26)34)17-8-9-21(35)27-23(17)18(10-36)29(48-27)39-31(42)46-33(2,3)4/h8-9,15-16H,5-7,11-14H2,1-4H3,(H,39,42)(H,43,44). The third-order valence-electron chi connectivity index (χ3n) is 8.81. The van der Waals surface area contributed by atoms with Crippen LogP contribution in [0.2, 0.25) is 5.02 Å². The summed E-state index contributed by atoms with van der Waals surface area (Å²) >= 11 is 9.81. The maximum Gasteiger partial charge on any atom is 0.412 e. The maximum absolute atomic E-state index is 15.4. The molecule has 3 aliphatic rings. The van der Waals surface area contributed by atoms with Gasteiger partial charge in [0.05, 0.1) is 39.4 Å². The highest BCUT2D eigenvalue weighted by molar-refractivity contribution is 7.99. The number of likely N-dealkylation sites (tertiary alicyclic amines) is 1. The zero-order valence-corrected chi connectivity index (χ0v) is 29.0. The van der Waals surface area contributed by atoms with Crippen molar-refractivity contribution in [2.45, 2.75) is 76.6 Å². The van der Waals surface area contributed by atoms with Crippen molar-refractivity contribution in [1.82, 2.24) is 14.9 Å². The Morgan fingerprint density at radius 1 is 1.21 bits per heavy atom. The van der Waals surface area contributed by atoms with E-state index in [0.717, 1.165) is 46.4 Å². The third kappa shape index (κ3) is 5.46. The lowest BCUT2D eigenvalue weighted by molar-refractivity contribution is 0.0636. The number of fused-ring (bicyclic) bond motifs is 6. The van der Waals surface area contributed by atoms with Crippen molar-refractivity contribution in [3.63, 3.8) is 0 Å². The number of nitriles is 1. The number of carbonyl (C=O) groups is 2. The van der Waals surface area contributed by atoms with Crippen molar-refractivity contribution in [2.75, 3.05) is 29.1 Å². The average molecular weight is 711 g/mol. The van der Waals surface area contributed by atoms with E-state index in [0.29, 0.717) is 51.1 Å². The molecule has 2 N–H and O–H groups in total. The summed E-state index contributed by atoms with van der Waals surface area (Å²) in [5.41, 5.74) is 2.57. The number of aromatic nitrogens is 2. The van der Waals surface area contributed by atoms with Crippen LogP contribution in [0.1, 0.15) is 57.2 Å². The number of nitrogens with one attached hydrogen (secondary N) is 1. The summed E-state index contributed by atoms with van der Waals surface area (Å²) in [5, 5.41) is 24.8. The minimum atomic E-state index is -0.927. The van der Waals surface area contributed by atoms with Crippen LogP contribution in [-0.2, 0) is 22.7 Å². The van der Waals surface area contributed by atoms with E-state index >= 15 is 4.39 Å². The molecule has 4 aromatic rings. The Hall–Kier alpha value is -3.90. The van der Waals surface area contributed by atoms with Crippen molar-refractivity contribution < 1.29 is 28.6 Å². The van der Waals surface area contributed by atoms with Gasteiger partial charge in [0.25, 0.3) is 0 Å². The molecule has 2 aromatic carbocycles. The Bertz CT molecular complexity index is 2050. The van der Waals surface area contributed by atoms with Crippen LogP contribution in [0.25, 0.3) is 32.1 Å². The van der Waals surface area contributed by atoms with Gasteiger partial charge in [-0.1, -0.05) is 36.4 Å². The summed E-state index contributed by atoms with van der Waals surface area (Å²) in [6, 6.07) is 5.00. The average Bonchev–Trinajstić information content (AvgIpc) is 3.71. The molecule has 7 rings (SSSR count). The lowest BCUT2D eigenvalue weighted by atomic mass is 9.90. The summed E-state index contributed by atoms with van der Waals surface area (Å²) in [4.78, 5) is 38.3. The minimum Gasteiger partial charge on any atom is -0.465 e. The zero-order chi connectivity index (χ0) is 34.1. The second-order valence-corrected chi connectivity index (χ2v) is 15.6. The lowest BCUT2D eigenvalue weighted by Crippen LogP contribution is -2.55. The summed E-state index contributed by atoms with van der Waals surface area (Å²) in [7, 11) is 0. The van der Waals surface area contributed by atoms with Gasteiger partial charge in [-0.05, 0) is 62.1 Å². The Balaban J connectivity index is 1.45. The minimum absolute atomic E-state index is 0.0505. The molecule has 2 atom stereocenters. The topological polar surface area (TPSA) is 141 Å². The van der Waals surface area contributed by atoms with E-state index in [1.807, 2.05) is 6.92 Å². The molecule has 0 spiro atoms. The molecule has 2 saturated heterocycles. The van der Waals surface area contributed by atoms with Crippen molar-refractivity contribution in [1.29, 1.82) is 5.26 Å². The van der Waals surface area contributed by atoms with Gasteiger partial charge in [0, 0.05) is 36.1 Å². The van der Waals surface area contributed by atoms with E-state index in [4.69, 9.17) is 31.0 Å². The number of anilines is 2. The smallest absolute Gasteiger partial charge is 0.412 e. The van der Waals surface area contributed by atoms with Crippen LogP contribution >= 0.6 is 34.7 Å². The van der Waals surface area contributed by atoms with Gasteiger partial charge in [-0.25, -0.2) is 23.9 Å². The van der Waals surface area contributed by atoms with E-state index < -0.39 is 23.6 Å². The summed E-state index contributed by atoms with van der Waals surface area (Å²) in [6.45, 7) is 8.43. The van der Waals surface area contributed by atoms with Crippen LogP contribution in [0.5, 0.6) is 0 Å². The largest absolute Gasteiger partial charge is 0.465 e. The van der Waals surface area contributed by atoms with E-state index in [-0.39, 0.29) is 40.6 Å². The fourth-order valence-electron chi connectivity index (χ4n) is 7.03. The van der Waals surface area contributed by atoms with Gasteiger partial charge in [0.2, 0.25) is 0 Å². The third-order valence-corrected chi connectivity index (χ3v) is 11.0. The predicted octanol–water partition coefficient (Wildman–Crippen LogP) is 8.00. The molecule has 15 heteroatoms. The maximum atomic E-state index is 15.4. The van der Waals surface area contributed by atoms with Crippen LogP contribution in [0.4, 0.5) is 24.8 Å². The van der Waals surface area contributed by atoms with Gasteiger partial charge in [0.1, 0.15) is 28.3 Å². The molecule has 3 aliphatic heterocycles. The number of benzene rings is 2. The molecule has 0 aliphatic carbocycles. The second kappa shape index (κ2) is 12.2. The lowest BCUT2D eigenvalue weighted by Gasteiger charge is -2.41. The van der Waals surface area contributed by atoms with E-state index in [9.17, 15) is 20.0 Å². The number of thiophene rings is 1. The van der Waals surface area contributed by atoms with Gasteiger partial charge >= 0.3 is 12.2 Å². The zero-order valence-electron chi connectivity index (χ0n) is 26.6. The number of nitrogens with zero attached hydrogens (tertiary/aromatic N) is 5. The molecule has 2 aromatic heterocycles. The van der Waals surface area contributed by atoms with Crippen molar-refractivity contribution in [3.05, 3.63) is 39.7 Å². The molecule has 11 nitrogen and oxygen atoms in total. The highest BCUT2D eigenvalue weighted by atomic mass is 35.5. The first kappa shape index (κ1) is 32.6. The number of thioether (sulfide) groups is 1. The molecule has 5 heterocycles. The molecule has 48 heavy (non-hydrogen) atoms. The van der Waals surface area contributed by atoms with Gasteiger partial charge in [0.15, 0.2) is 5.16 Å². The second-order valence-electron chi connectivity index (χ2n) is 12.9. The molecule has 2 unspecified atom stereocenters. The number of ether oxygens (including phenoxy) is 2. The first-order valence-electron chi connectivity index (χ1n) is 15.6. The highest BCUT2D eigenvalue weighted by Gasteiger charge is 2.44. The number of piperazine rings is 1. The van der Waals surface area contributed by atoms with Crippen LogP contribution in [0.15, 0.2) is 17.3 Å². The molecule has 250 valence electrons. The summed E-state index contributed by atoms with van der Waals surface area (Å²) in [5.74, 6) is 0.889. The number of carbonyl (C=O) groups excluding carboxylic acids is 1.